The molecule has 0 unspecified atom stereocenters. The van der Waals surface area contributed by atoms with Crippen LogP contribution in [0.5, 0.6) is 0 Å². The Labute approximate surface area is 114 Å². The maximum absolute atomic E-state index is 12.4. The summed E-state index contributed by atoms with van der Waals surface area (Å²) < 4.78 is 37.1. The lowest BCUT2D eigenvalue weighted by atomic mass is 10.1. The highest BCUT2D eigenvalue weighted by atomic mass is 32.1. The zero-order valence-corrected chi connectivity index (χ0v) is 11.0. The highest BCUT2D eigenvalue weighted by molar-refractivity contribution is 7.09. The molecular formula is C14H14F3NS. The van der Waals surface area contributed by atoms with E-state index in [2.05, 4.69) is 11.4 Å². The highest BCUT2D eigenvalue weighted by Gasteiger charge is 2.29. The fraction of sp³-hybridized carbons (Fsp3) is 0.286. The van der Waals surface area contributed by atoms with Gasteiger partial charge in [-0.3, -0.25) is 0 Å². The first-order chi connectivity index (χ1) is 9.05. The van der Waals surface area contributed by atoms with E-state index in [0.29, 0.717) is 6.54 Å². The second-order valence-corrected chi connectivity index (χ2v) is 5.23. The quantitative estimate of drug-likeness (QED) is 0.816. The number of alkyl halides is 3. The summed E-state index contributed by atoms with van der Waals surface area (Å²) in [4.78, 5) is 1.31. The molecule has 0 aliphatic rings. The van der Waals surface area contributed by atoms with Crippen molar-refractivity contribution in [2.24, 2.45) is 0 Å². The number of hydrogen-bond donors (Lipinski definition) is 1. The first-order valence-electron chi connectivity index (χ1n) is 5.95. The van der Waals surface area contributed by atoms with Crippen molar-refractivity contribution in [1.82, 2.24) is 5.32 Å². The topological polar surface area (TPSA) is 12.0 Å². The number of benzene rings is 1. The van der Waals surface area contributed by atoms with E-state index < -0.39 is 11.7 Å². The lowest BCUT2D eigenvalue weighted by Gasteiger charge is -2.08. The van der Waals surface area contributed by atoms with Crippen LogP contribution in [-0.4, -0.2) is 6.54 Å². The number of hydrogen-bond acceptors (Lipinski definition) is 2. The predicted molar refractivity (Wildman–Crippen MR) is 71.2 cm³/mol. The first-order valence-corrected chi connectivity index (χ1v) is 6.83. The summed E-state index contributed by atoms with van der Waals surface area (Å²) in [7, 11) is 0. The van der Waals surface area contributed by atoms with Crippen molar-refractivity contribution in [1.29, 1.82) is 0 Å². The summed E-state index contributed by atoms with van der Waals surface area (Å²) >= 11 is 1.71. The molecular weight excluding hydrogens is 271 g/mol. The second kappa shape index (κ2) is 6.21. The molecule has 1 aromatic heterocycles. The van der Waals surface area contributed by atoms with E-state index in [4.69, 9.17) is 0 Å². The van der Waals surface area contributed by atoms with Gasteiger partial charge >= 0.3 is 6.18 Å². The van der Waals surface area contributed by atoms with Crippen LogP contribution in [0.15, 0.2) is 41.8 Å². The summed E-state index contributed by atoms with van der Waals surface area (Å²) in [6.07, 6.45) is -3.32. The van der Waals surface area contributed by atoms with Crippen LogP contribution in [0.2, 0.25) is 0 Å². The molecule has 1 heterocycles. The van der Waals surface area contributed by atoms with Crippen LogP contribution in [0.4, 0.5) is 13.2 Å². The molecule has 0 radical (unpaired) electrons. The van der Waals surface area contributed by atoms with Crippen molar-refractivity contribution in [3.63, 3.8) is 0 Å². The predicted octanol–water partition coefficient (Wildman–Crippen LogP) is 4.10. The normalized spacial score (nSPS) is 11.7. The third kappa shape index (κ3) is 4.36. The lowest BCUT2D eigenvalue weighted by molar-refractivity contribution is -0.137. The van der Waals surface area contributed by atoms with E-state index in [-0.39, 0.29) is 0 Å². The molecule has 0 fully saturated rings. The van der Waals surface area contributed by atoms with Gasteiger partial charge in [-0.25, -0.2) is 0 Å². The van der Waals surface area contributed by atoms with Gasteiger partial charge in [0.25, 0.3) is 0 Å². The van der Waals surface area contributed by atoms with Gasteiger partial charge in [-0.2, -0.15) is 13.2 Å². The Balaban J connectivity index is 1.77. The van der Waals surface area contributed by atoms with E-state index in [0.717, 1.165) is 30.7 Å². The molecule has 1 N–H and O–H groups in total. The minimum atomic E-state index is -4.26. The zero-order valence-electron chi connectivity index (χ0n) is 10.2. The van der Waals surface area contributed by atoms with E-state index in [9.17, 15) is 13.2 Å². The minimum absolute atomic E-state index is 0.587. The molecule has 0 aliphatic heterocycles. The van der Waals surface area contributed by atoms with Crippen LogP contribution < -0.4 is 5.32 Å². The molecule has 5 heteroatoms. The van der Waals surface area contributed by atoms with E-state index in [1.807, 2.05) is 11.4 Å². The van der Waals surface area contributed by atoms with Gasteiger partial charge in [-0.05, 0) is 35.6 Å². The Bertz CT molecular complexity index is 488. The largest absolute Gasteiger partial charge is 0.416 e. The summed E-state index contributed by atoms with van der Waals surface area (Å²) in [5, 5.41) is 5.26. The molecule has 0 spiro atoms. The van der Waals surface area contributed by atoms with Gasteiger partial charge in [0.15, 0.2) is 0 Å². The zero-order chi connectivity index (χ0) is 13.7. The molecule has 102 valence electrons. The average molecular weight is 285 g/mol. The Morgan fingerprint density at radius 1 is 1.05 bits per heavy atom. The van der Waals surface area contributed by atoms with Crippen LogP contribution in [-0.2, 0) is 19.1 Å². The average Bonchev–Trinajstić information content (AvgIpc) is 2.87. The summed E-state index contributed by atoms with van der Waals surface area (Å²) in [5.74, 6) is 0. The third-order valence-electron chi connectivity index (χ3n) is 2.74. The molecule has 0 aliphatic carbocycles. The van der Waals surface area contributed by atoms with Gasteiger partial charge in [-0.1, -0.05) is 18.2 Å². The van der Waals surface area contributed by atoms with Crippen LogP contribution in [0.1, 0.15) is 16.0 Å². The summed E-state index contributed by atoms with van der Waals surface area (Å²) in [6.45, 7) is 1.41. The molecule has 0 saturated heterocycles. The lowest BCUT2D eigenvalue weighted by Crippen LogP contribution is -2.16. The molecule has 2 rings (SSSR count). The van der Waals surface area contributed by atoms with Crippen molar-refractivity contribution < 1.29 is 13.2 Å². The smallest absolute Gasteiger partial charge is 0.312 e. The summed E-state index contributed by atoms with van der Waals surface area (Å²) in [5.41, 5.74) is 0.258. The second-order valence-electron chi connectivity index (χ2n) is 4.20. The first kappa shape index (κ1) is 14.1. The number of rotatable bonds is 5. The van der Waals surface area contributed by atoms with Crippen LogP contribution in [0.3, 0.4) is 0 Å². The number of nitrogens with one attached hydrogen (secondary N) is 1. The maximum Gasteiger partial charge on any atom is 0.416 e. The SMILES string of the molecule is FC(F)(F)c1ccc(CNCCc2cccs2)cc1. The number of halogens is 3. The van der Waals surface area contributed by atoms with Crippen molar-refractivity contribution in [2.75, 3.05) is 6.54 Å². The summed E-state index contributed by atoms with van der Waals surface area (Å²) in [6, 6.07) is 9.36. The Morgan fingerprint density at radius 3 is 2.37 bits per heavy atom. The van der Waals surface area contributed by atoms with Gasteiger partial charge in [0.05, 0.1) is 5.56 Å². The van der Waals surface area contributed by atoms with Gasteiger partial charge in [0.2, 0.25) is 0 Å². The van der Waals surface area contributed by atoms with Gasteiger partial charge in [0.1, 0.15) is 0 Å². The van der Waals surface area contributed by atoms with E-state index in [1.54, 1.807) is 11.3 Å². The van der Waals surface area contributed by atoms with Crippen LogP contribution >= 0.6 is 11.3 Å². The van der Waals surface area contributed by atoms with Gasteiger partial charge < -0.3 is 5.32 Å². The molecule has 1 aromatic carbocycles. The molecule has 0 amide bonds. The molecule has 0 saturated carbocycles. The van der Waals surface area contributed by atoms with Crippen molar-refractivity contribution in [2.45, 2.75) is 19.1 Å². The van der Waals surface area contributed by atoms with Gasteiger partial charge in [0, 0.05) is 18.0 Å². The highest BCUT2D eigenvalue weighted by Crippen LogP contribution is 2.28. The standard InChI is InChI=1S/C14H14F3NS/c15-14(16,17)12-5-3-11(4-6-12)10-18-8-7-13-2-1-9-19-13/h1-6,9,18H,7-8,10H2. The molecule has 0 bridgehead atoms. The van der Waals surface area contributed by atoms with Crippen molar-refractivity contribution >= 4 is 11.3 Å². The molecule has 1 nitrogen and oxygen atoms in total. The van der Waals surface area contributed by atoms with E-state index >= 15 is 0 Å². The van der Waals surface area contributed by atoms with Gasteiger partial charge in [-0.15, -0.1) is 11.3 Å². The monoisotopic (exact) mass is 285 g/mol. The molecule has 0 atom stereocenters. The van der Waals surface area contributed by atoms with E-state index in [1.165, 1.54) is 17.0 Å². The fourth-order valence-corrected chi connectivity index (χ4v) is 2.42. The van der Waals surface area contributed by atoms with Crippen molar-refractivity contribution in [3.05, 3.63) is 57.8 Å². The van der Waals surface area contributed by atoms with Crippen LogP contribution in [0.25, 0.3) is 0 Å². The van der Waals surface area contributed by atoms with Crippen molar-refractivity contribution in [3.8, 4) is 0 Å². The van der Waals surface area contributed by atoms with Crippen LogP contribution in [0, 0.1) is 0 Å². The minimum Gasteiger partial charge on any atom is -0.312 e. The number of thiophene rings is 1. The fourth-order valence-electron chi connectivity index (χ4n) is 1.71. The Morgan fingerprint density at radius 2 is 1.79 bits per heavy atom. The Kier molecular flexibility index (Phi) is 4.61. The third-order valence-corrected chi connectivity index (χ3v) is 3.67. The molecule has 2 aromatic rings. The maximum atomic E-state index is 12.4. The Hall–Kier alpha value is -1.33. The molecule has 19 heavy (non-hydrogen) atoms.